The number of methoxy groups -OCH3 is 1. The molecule has 5 heteroatoms. The van der Waals surface area contributed by atoms with Crippen LogP contribution in [0.25, 0.3) is 6.08 Å². The van der Waals surface area contributed by atoms with E-state index in [4.69, 9.17) is 16.3 Å². The topological polar surface area (TPSA) is 46.5 Å². The molecule has 0 heterocycles. The molecule has 0 aliphatic rings. The summed E-state index contributed by atoms with van der Waals surface area (Å²) in [7, 11) is 1.56. The lowest BCUT2D eigenvalue weighted by Crippen LogP contribution is -2.04. The number of hydrogen-bond donors (Lipinski definition) is 1. The van der Waals surface area contributed by atoms with E-state index < -0.39 is 11.6 Å². The van der Waals surface area contributed by atoms with Gasteiger partial charge in [0, 0.05) is 0 Å². The first kappa shape index (κ1) is 17.7. The second kappa shape index (κ2) is 8.85. The molecular weight excluding hydrogens is 307 g/mol. The number of Topliss-reactive ketones (excluding diaryl/α,β-unsaturated/α-hetero) is 1. The third-order valence-electron chi connectivity index (χ3n) is 2.68. The van der Waals surface area contributed by atoms with Crippen LogP contribution in [0.15, 0.2) is 66.2 Å². The first-order valence-electron chi connectivity index (χ1n) is 6.35. The smallest absolute Gasteiger partial charge is 0.181 e. The minimum Gasteiger partial charge on any atom is -0.507 e. The van der Waals surface area contributed by atoms with Gasteiger partial charge in [-0.1, -0.05) is 24.8 Å². The normalized spacial score (nSPS) is 12.5. The largest absolute Gasteiger partial charge is 0.507 e. The number of allylic oxidation sites excluding steroid dienone is 5. The van der Waals surface area contributed by atoms with Gasteiger partial charge in [0.05, 0.1) is 18.6 Å². The van der Waals surface area contributed by atoms with Crippen LogP contribution in [0, 0.1) is 0 Å². The highest BCUT2D eigenvalue weighted by Gasteiger charge is 2.09. The first-order chi connectivity index (χ1) is 10.5. The molecule has 0 unspecified atom stereocenters. The molecule has 1 rings (SSSR count). The van der Waals surface area contributed by atoms with Crippen molar-refractivity contribution in [3.63, 3.8) is 0 Å². The Balaban J connectivity index is 3.04. The molecule has 1 aromatic rings. The molecule has 0 fully saturated rings. The molecule has 3 nitrogen and oxygen atoms in total. The molecule has 0 aliphatic heterocycles. The molecule has 1 N–H and O–H groups in total. The van der Waals surface area contributed by atoms with E-state index in [1.807, 2.05) is 0 Å². The van der Waals surface area contributed by atoms with Crippen molar-refractivity contribution in [2.24, 2.45) is 0 Å². The summed E-state index contributed by atoms with van der Waals surface area (Å²) in [4.78, 5) is 11.7. The quantitative estimate of drug-likeness (QED) is 0.351. The number of aliphatic hydroxyl groups excluding tert-OH is 1. The van der Waals surface area contributed by atoms with E-state index in [1.165, 1.54) is 6.08 Å². The fourth-order valence-corrected chi connectivity index (χ4v) is 1.69. The van der Waals surface area contributed by atoms with E-state index in [-0.39, 0.29) is 17.2 Å². The number of ketones is 1. The third-order valence-corrected chi connectivity index (χ3v) is 2.92. The Bertz CT molecular complexity index is 628. The molecule has 116 valence electrons. The van der Waals surface area contributed by atoms with E-state index >= 15 is 0 Å². The van der Waals surface area contributed by atoms with Crippen LogP contribution in [0.1, 0.15) is 5.56 Å². The zero-order valence-electron chi connectivity index (χ0n) is 12.1. The molecule has 0 radical (unpaired) electrons. The van der Waals surface area contributed by atoms with Gasteiger partial charge in [0.1, 0.15) is 17.3 Å². The van der Waals surface area contributed by atoms with E-state index in [9.17, 15) is 14.3 Å². The molecule has 0 saturated carbocycles. The molecular formula is C17H16ClFO3. The summed E-state index contributed by atoms with van der Waals surface area (Å²) < 4.78 is 17.7. The second-order valence-corrected chi connectivity index (χ2v) is 4.51. The van der Waals surface area contributed by atoms with Crippen LogP contribution in [0.5, 0.6) is 5.75 Å². The number of rotatable bonds is 7. The van der Waals surface area contributed by atoms with Crippen molar-refractivity contribution in [3.8, 4) is 5.75 Å². The van der Waals surface area contributed by atoms with E-state index in [2.05, 4.69) is 6.58 Å². The number of benzene rings is 1. The highest BCUT2D eigenvalue weighted by Crippen LogP contribution is 2.15. The minimum atomic E-state index is -0.730. The Hall–Kier alpha value is -2.33. The summed E-state index contributed by atoms with van der Waals surface area (Å²) in [6.07, 6.45) is 5.07. The van der Waals surface area contributed by atoms with Gasteiger partial charge in [-0.2, -0.15) is 0 Å². The van der Waals surface area contributed by atoms with Gasteiger partial charge in [-0.25, -0.2) is 4.39 Å². The van der Waals surface area contributed by atoms with Crippen molar-refractivity contribution < 1.29 is 19.0 Å². The fraction of sp³-hybridized carbons (Fsp3) is 0.118. The lowest BCUT2D eigenvalue weighted by atomic mass is 10.1. The SMILES string of the molecule is C=C(F)\C=C/C(C(=O)CCl)=C(O)/C=C/c1ccc(OC)cc1. The molecule has 0 amide bonds. The molecule has 0 aliphatic carbocycles. The summed E-state index contributed by atoms with van der Waals surface area (Å²) in [6.45, 7) is 3.05. The summed E-state index contributed by atoms with van der Waals surface area (Å²) in [5.41, 5.74) is 0.711. The zero-order valence-corrected chi connectivity index (χ0v) is 12.8. The van der Waals surface area contributed by atoms with Crippen molar-refractivity contribution in [1.82, 2.24) is 0 Å². The van der Waals surface area contributed by atoms with Gasteiger partial charge in [0.15, 0.2) is 5.78 Å². The number of halogens is 2. The average Bonchev–Trinajstić information content (AvgIpc) is 2.52. The van der Waals surface area contributed by atoms with Gasteiger partial charge in [0.25, 0.3) is 0 Å². The summed E-state index contributed by atoms with van der Waals surface area (Å²) in [5.74, 6) is -1.17. The molecule has 0 bridgehead atoms. The van der Waals surface area contributed by atoms with E-state index in [1.54, 1.807) is 37.5 Å². The maximum atomic E-state index is 12.7. The van der Waals surface area contributed by atoms with Gasteiger partial charge >= 0.3 is 0 Å². The number of carbonyl (C=O) groups excluding carboxylic acids is 1. The van der Waals surface area contributed by atoms with E-state index in [0.29, 0.717) is 5.75 Å². The summed E-state index contributed by atoms with van der Waals surface area (Å²) >= 11 is 5.47. The Morgan fingerprint density at radius 3 is 2.45 bits per heavy atom. The standard InChI is InChI=1S/C17H16ClFO3/c1-12(19)3-9-15(17(21)11-18)16(20)10-6-13-4-7-14(22-2)8-5-13/h3-10,20H,1,11H2,2H3/b9-3-,10-6+,16-15+. The zero-order chi connectivity index (χ0) is 16.5. The highest BCUT2D eigenvalue weighted by atomic mass is 35.5. The van der Waals surface area contributed by atoms with Crippen LogP contribution in [0.2, 0.25) is 0 Å². The van der Waals surface area contributed by atoms with Gasteiger partial charge < -0.3 is 9.84 Å². The van der Waals surface area contributed by atoms with Crippen LogP contribution in [0.3, 0.4) is 0 Å². The van der Waals surface area contributed by atoms with Gasteiger partial charge in [0.2, 0.25) is 0 Å². The summed E-state index contributed by atoms with van der Waals surface area (Å²) in [6, 6.07) is 7.09. The molecule has 0 saturated heterocycles. The minimum absolute atomic E-state index is 0.0847. The van der Waals surface area contributed by atoms with Crippen LogP contribution >= 0.6 is 11.6 Å². The Morgan fingerprint density at radius 1 is 1.32 bits per heavy atom. The van der Waals surface area contributed by atoms with E-state index in [0.717, 1.165) is 17.7 Å². The predicted octanol–water partition coefficient (Wildman–Crippen LogP) is 4.37. The van der Waals surface area contributed by atoms with Gasteiger partial charge in [-0.05, 0) is 35.9 Å². The molecule has 0 atom stereocenters. The molecule has 1 aromatic carbocycles. The lowest BCUT2D eigenvalue weighted by Gasteiger charge is -2.02. The Labute approximate surface area is 133 Å². The maximum Gasteiger partial charge on any atom is 0.181 e. The number of alkyl halides is 1. The van der Waals surface area contributed by atoms with Crippen LogP contribution in [-0.2, 0) is 4.79 Å². The van der Waals surface area contributed by atoms with Gasteiger partial charge in [-0.3, -0.25) is 4.79 Å². The van der Waals surface area contributed by atoms with Crippen LogP contribution in [0.4, 0.5) is 4.39 Å². The second-order valence-electron chi connectivity index (χ2n) is 4.24. The van der Waals surface area contributed by atoms with Crippen LogP contribution in [-0.4, -0.2) is 23.9 Å². The van der Waals surface area contributed by atoms with Gasteiger partial charge in [-0.15, -0.1) is 11.6 Å². The number of aliphatic hydroxyl groups is 1. The molecule has 22 heavy (non-hydrogen) atoms. The molecule has 0 spiro atoms. The number of hydrogen-bond acceptors (Lipinski definition) is 3. The third kappa shape index (κ3) is 5.58. The maximum absolute atomic E-state index is 12.7. The first-order valence-corrected chi connectivity index (χ1v) is 6.88. The van der Waals surface area contributed by atoms with Crippen LogP contribution < -0.4 is 4.74 Å². The Morgan fingerprint density at radius 2 is 1.95 bits per heavy atom. The lowest BCUT2D eigenvalue weighted by molar-refractivity contribution is -0.113. The Kier molecular flexibility index (Phi) is 7.13. The highest BCUT2D eigenvalue weighted by molar-refractivity contribution is 6.30. The predicted molar refractivity (Wildman–Crippen MR) is 86.8 cm³/mol. The van der Waals surface area contributed by atoms with Crippen molar-refractivity contribution in [3.05, 3.63) is 71.8 Å². The number of ether oxygens (including phenoxy) is 1. The van der Waals surface area contributed by atoms with Crippen molar-refractivity contribution >= 4 is 23.5 Å². The molecule has 0 aromatic heterocycles. The average molecular weight is 323 g/mol. The monoisotopic (exact) mass is 322 g/mol. The number of carbonyl (C=O) groups is 1. The van der Waals surface area contributed by atoms with Crippen molar-refractivity contribution in [1.29, 1.82) is 0 Å². The summed E-state index contributed by atoms with van der Waals surface area (Å²) in [5, 5.41) is 9.97. The van der Waals surface area contributed by atoms with Crippen molar-refractivity contribution in [2.45, 2.75) is 0 Å². The van der Waals surface area contributed by atoms with Crippen molar-refractivity contribution in [2.75, 3.05) is 13.0 Å². The fourth-order valence-electron chi connectivity index (χ4n) is 1.55.